The molecule has 0 aliphatic heterocycles. The standard InChI is InChI=1S/C20H23FN4O/c1-4-25-17-11-14(13-5-8-15(21)9-6-13)7-10-16(17)24-18(25)12-23-20(2,3)19(22)26/h5-11,23H,4,12H2,1-3H3,(H2,22,26). The fraction of sp³-hybridized carbons (Fsp3) is 0.300. The van der Waals surface area contributed by atoms with Gasteiger partial charge in [-0.25, -0.2) is 9.37 Å². The van der Waals surface area contributed by atoms with Gasteiger partial charge in [-0.2, -0.15) is 0 Å². The summed E-state index contributed by atoms with van der Waals surface area (Å²) >= 11 is 0. The number of imidazole rings is 1. The first kappa shape index (κ1) is 18.1. The number of amides is 1. The summed E-state index contributed by atoms with van der Waals surface area (Å²) in [6.45, 7) is 6.73. The van der Waals surface area contributed by atoms with Crippen molar-refractivity contribution in [2.45, 2.75) is 39.4 Å². The molecular formula is C20H23FN4O. The molecular weight excluding hydrogens is 331 g/mol. The molecule has 0 unspecified atom stereocenters. The molecule has 0 bridgehead atoms. The minimum Gasteiger partial charge on any atom is -0.368 e. The highest BCUT2D eigenvalue weighted by Crippen LogP contribution is 2.25. The van der Waals surface area contributed by atoms with Crippen molar-refractivity contribution >= 4 is 16.9 Å². The summed E-state index contributed by atoms with van der Waals surface area (Å²) in [4.78, 5) is 16.2. The van der Waals surface area contributed by atoms with Crippen LogP contribution in [-0.2, 0) is 17.9 Å². The lowest BCUT2D eigenvalue weighted by atomic mass is 10.1. The molecule has 0 spiro atoms. The predicted octanol–water partition coefficient (Wildman–Crippen LogP) is 3.22. The van der Waals surface area contributed by atoms with Crippen LogP contribution in [0.3, 0.4) is 0 Å². The second kappa shape index (κ2) is 6.88. The van der Waals surface area contributed by atoms with E-state index in [-0.39, 0.29) is 5.82 Å². The molecule has 136 valence electrons. The largest absolute Gasteiger partial charge is 0.368 e. The smallest absolute Gasteiger partial charge is 0.237 e. The third-order valence-electron chi connectivity index (χ3n) is 4.63. The zero-order valence-corrected chi connectivity index (χ0v) is 15.2. The first-order chi connectivity index (χ1) is 12.3. The number of primary amides is 1. The van der Waals surface area contributed by atoms with Gasteiger partial charge in [0.05, 0.1) is 23.1 Å². The maximum absolute atomic E-state index is 13.2. The number of nitrogens with two attached hydrogens (primary N) is 1. The lowest BCUT2D eigenvalue weighted by Crippen LogP contribution is -2.50. The Morgan fingerprint density at radius 2 is 1.85 bits per heavy atom. The topological polar surface area (TPSA) is 72.9 Å². The maximum Gasteiger partial charge on any atom is 0.237 e. The van der Waals surface area contributed by atoms with E-state index in [1.54, 1.807) is 26.0 Å². The Morgan fingerprint density at radius 1 is 1.19 bits per heavy atom. The summed E-state index contributed by atoms with van der Waals surface area (Å²) in [5.41, 5.74) is 8.45. The van der Waals surface area contributed by atoms with Crippen molar-refractivity contribution in [2.24, 2.45) is 5.73 Å². The molecule has 3 N–H and O–H groups in total. The molecule has 2 aromatic carbocycles. The number of aryl methyl sites for hydroxylation is 1. The van der Waals surface area contributed by atoms with E-state index in [9.17, 15) is 9.18 Å². The van der Waals surface area contributed by atoms with Crippen LogP contribution in [0.4, 0.5) is 4.39 Å². The highest BCUT2D eigenvalue weighted by molar-refractivity contribution is 5.84. The fourth-order valence-corrected chi connectivity index (χ4v) is 2.87. The molecule has 3 rings (SSSR count). The van der Waals surface area contributed by atoms with Gasteiger partial charge in [-0.1, -0.05) is 18.2 Å². The number of rotatable bonds is 6. The second-order valence-electron chi connectivity index (χ2n) is 6.83. The van der Waals surface area contributed by atoms with Crippen molar-refractivity contribution in [1.82, 2.24) is 14.9 Å². The zero-order chi connectivity index (χ0) is 18.9. The molecule has 0 fully saturated rings. The van der Waals surface area contributed by atoms with E-state index in [0.29, 0.717) is 6.54 Å². The van der Waals surface area contributed by atoms with Crippen molar-refractivity contribution in [3.8, 4) is 11.1 Å². The Balaban J connectivity index is 1.97. The van der Waals surface area contributed by atoms with Gasteiger partial charge in [-0.15, -0.1) is 0 Å². The minimum atomic E-state index is -0.810. The third-order valence-corrected chi connectivity index (χ3v) is 4.63. The predicted molar refractivity (Wildman–Crippen MR) is 101 cm³/mol. The average molecular weight is 354 g/mol. The van der Waals surface area contributed by atoms with Gasteiger partial charge in [-0.05, 0) is 56.2 Å². The minimum absolute atomic E-state index is 0.251. The first-order valence-electron chi connectivity index (χ1n) is 8.62. The van der Waals surface area contributed by atoms with Gasteiger partial charge < -0.3 is 10.3 Å². The molecule has 0 aliphatic rings. The monoisotopic (exact) mass is 354 g/mol. The summed E-state index contributed by atoms with van der Waals surface area (Å²) < 4.78 is 15.3. The van der Waals surface area contributed by atoms with Crippen LogP contribution in [0.2, 0.25) is 0 Å². The van der Waals surface area contributed by atoms with Gasteiger partial charge in [0.1, 0.15) is 11.6 Å². The fourth-order valence-electron chi connectivity index (χ4n) is 2.87. The number of hydrogen-bond donors (Lipinski definition) is 2. The second-order valence-corrected chi connectivity index (χ2v) is 6.83. The molecule has 0 atom stereocenters. The maximum atomic E-state index is 13.2. The van der Waals surface area contributed by atoms with Crippen LogP contribution in [0.1, 0.15) is 26.6 Å². The van der Waals surface area contributed by atoms with Crippen molar-refractivity contribution in [1.29, 1.82) is 0 Å². The van der Waals surface area contributed by atoms with Gasteiger partial charge in [0.15, 0.2) is 0 Å². The van der Waals surface area contributed by atoms with E-state index in [4.69, 9.17) is 5.73 Å². The number of hydrogen-bond acceptors (Lipinski definition) is 3. The highest BCUT2D eigenvalue weighted by atomic mass is 19.1. The van der Waals surface area contributed by atoms with E-state index in [0.717, 1.165) is 34.5 Å². The molecule has 0 aliphatic carbocycles. The molecule has 1 aromatic heterocycles. The molecule has 1 amide bonds. The van der Waals surface area contributed by atoms with Gasteiger partial charge >= 0.3 is 0 Å². The number of fused-ring (bicyclic) bond motifs is 1. The average Bonchev–Trinajstić information content (AvgIpc) is 2.97. The molecule has 0 saturated heterocycles. The molecule has 1 heterocycles. The number of nitrogens with zero attached hydrogens (tertiary/aromatic N) is 2. The van der Waals surface area contributed by atoms with E-state index >= 15 is 0 Å². The van der Waals surface area contributed by atoms with Crippen LogP contribution >= 0.6 is 0 Å². The van der Waals surface area contributed by atoms with E-state index in [1.165, 1.54) is 12.1 Å². The lowest BCUT2D eigenvalue weighted by molar-refractivity contribution is -0.123. The summed E-state index contributed by atoms with van der Waals surface area (Å²) in [6, 6.07) is 12.4. The molecule has 0 radical (unpaired) electrons. The summed E-state index contributed by atoms with van der Waals surface area (Å²) in [5, 5.41) is 3.16. The van der Waals surface area contributed by atoms with E-state index < -0.39 is 11.4 Å². The van der Waals surface area contributed by atoms with Crippen LogP contribution < -0.4 is 11.1 Å². The van der Waals surface area contributed by atoms with Crippen molar-refractivity contribution in [3.05, 3.63) is 54.1 Å². The molecule has 6 heteroatoms. The molecule has 26 heavy (non-hydrogen) atoms. The Labute approximate surface area is 152 Å². The number of benzene rings is 2. The molecule has 0 saturated carbocycles. The van der Waals surface area contributed by atoms with Crippen LogP contribution in [-0.4, -0.2) is 21.0 Å². The first-order valence-corrected chi connectivity index (χ1v) is 8.62. The van der Waals surface area contributed by atoms with Crippen LogP contribution in [0.25, 0.3) is 22.2 Å². The number of nitrogens with one attached hydrogen (secondary N) is 1. The van der Waals surface area contributed by atoms with Crippen molar-refractivity contribution < 1.29 is 9.18 Å². The number of carbonyl (C=O) groups excluding carboxylic acids is 1. The van der Waals surface area contributed by atoms with Gasteiger partial charge in [0.2, 0.25) is 5.91 Å². The van der Waals surface area contributed by atoms with Crippen molar-refractivity contribution in [3.63, 3.8) is 0 Å². The number of halogens is 1. The number of carbonyl (C=O) groups is 1. The summed E-state index contributed by atoms with van der Waals surface area (Å²) in [5.74, 6) is 0.183. The normalized spacial score (nSPS) is 11.8. The van der Waals surface area contributed by atoms with Gasteiger partial charge in [-0.3, -0.25) is 10.1 Å². The number of aromatic nitrogens is 2. The summed E-state index contributed by atoms with van der Waals surface area (Å²) in [6.07, 6.45) is 0. The van der Waals surface area contributed by atoms with E-state index in [2.05, 4.69) is 27.9 Å². The Morgan fingerprint density at radius 3 is 2.46 bits per heavy atom. The summed E-state index contributed by atoms with van der Waals surface area (Å²) in [7, 11) is 0. The SMILES string of the molecule is CCn1c(CNC(C)(C)C(N)=O)nc2ccc(-c3ccc(F)cc3)cc21. The van der Waals surface area contributed by atoms with Crippen molar-refractivity contribution in [2.75, 3.05) is 0 Å². The third kappa shape index (κ3) is 3.46. The van der Waals surface area contributed by atoms with Gasteiger partial charge in [0.25, 0.3) is 0 Å². The van der Waals surface area contributed by atoms with Crippen LogP contribution in [0, 0.1) is 5.82 Å². The lowest BCUT2D eigenvalue weighted by Gasteiger charge is -2.22. The highest BCUT2D eigenvalue weighted by Gasteiger charge is 2.24. The zero-order valence-electron chi connectivity index (χ0n) is 15.2. The molecule has 3 aromatic rings. The van der Waals surface area contributed by atoms with Gasteiger partial charge in [0, 0.05) is 6.54 Å². The molecule has 5 nitrogen and oxygen atoms in total. The quantitative estimate of drug-likeness (QED) is 0.714. The van der Waals surface area contributed by atoms with Crippen LogP contribution in [0.15, 0.2) is 42.5 Å². The Kier molecular flexibility index (Phi) is 4.78. The Bertz CT molecular complexity index is 944. The Hall–Kier alpha value is -2.73. The van der Waals surface area contributed by atoms with E-state index in [1.807, 2.05) is 12.1 Å². The van der Waals surface area contributed by atoms with Crippen LogP contribution in [0.5, 0.6) is 0 Å².